The summed E-state index contributed by atoms with van der Waals surface area (Å²) in [6.45, 7) is 5.88. The number of thiophene rings is 1. The molecular weight excluding hydrogens is 378 g/mol. The highest BCUT2D eigenvalue weighted by Gasteiger charge is 2.19. The van der Waals surface area contributed by atoms with Crippen molar-refractivity contribution in [3.05, 3.63) is 86.6 Å². The lowest BCUT2D eigenvalue weighted by Crippen LogP contribution is -2.23. The third-order valence-corrected chi connectivity index (χ3v) is 7.27. The van der Waals surface area contributed by atoms with Crippen LogP contribution in [-0.4, -0.2) is 13.5 Å². The molecule has 1 unspecified atom stereocenters. The topological polar surface area (TPSA) is 66.4 Å². The summed E-state index contributed by atoms with van der Waals surface area (Å²) >= 11 is 1.40. The molecule has 3 aromatic rings. The quantitative estimate of drug-likeness (QED) is 0.649. The zero-order valence-electron chi connectivity index (χ0n) is 15.6. The van der Waals surface area contributed by atoms with Crippen LogP contribution in [0.25, 0.3) is 0 Å². The van der Waals surface area contributed by atoms with Crippen LogP contribution in [0.3, 0.4) is 0 Å². The number of rotatable bonds is 6. The fraction of sp³-hybridized carbons (Fsp3) is 0.238. The molecule has 0 radical (unpaired) electrons. The van der Waals surface area contributed by atoms with Gasteiger partial charge in [0.25, 0.3) is 0 Å². The Balaban J connectivity index is 1.74. The Hall–Kier alpha value is -1.99. The third-order valence-electron chi connectivity index (χ3n) is 4.58. The lowest BCUT2D eigenvalue weighted by molar-refractivity contribution is 0.224. The van der Waals surface area contributed by atoms with E-state index < -0.39 is 16.1 Å². The molecule has 0 bridgehead atoms. The average Bonchev–Trinajstić information content (AvgIpc) is 3.12. The van der Waals surface area contributed by atoms with E-state index in [0.29, 0.717) is 4.90 Å². The van der Waals surface area contributed by atoms with E-state index in [2.05, 4.69) is 4.72 Å². The van der Waals surface area contributed by atoms with Gasteiger partial charge < -0.3 is 5.11 Å². The summed E-state index contributed by atoms with van der Waals surface area (Å²) in [6, 6.07) is 16.7. The first-order valence-electron chi connectivity index (χ1n) is 8.67. The molecule has 2 N–H and O–H groups in total. The first-order valence-corrected chi connectivity index (χ1v) is 11.0. The van der Waals surface area contributed by atoms with Crippen LogP contribution in [0.4, 0.5) is 0 Å². The molecule has 1 atom stereocenters. The molecule has 3 rings (SSSR count). The summed E-state index contributed by atoms with van der Waals surface area (Å²) in [5, 5.41) is 10.5. The van der Waals surface area contributed by atoms with Gasteiger partial charge in [-0.3, -0.25) is 0 Å². The van der Waals surface area contributed by atoms with Crippen LogP contribution in [0.1, 0.15) is 38.1 Å². The molecule has 0 amide bonds. The maximum atomic E-state index is 12.7. The molecular formula is C21H23NO3S2. The van der Waals surface area contributed by atoms with E-state index in [9.17, 15) is 13.5 Å². The van der Waals surface area contributed by atoms with E-state index in [4.69, 9.17) is 0 Å². The highest BCUT2D eigenvalue weighted by molar-refractivity contribution is 7.89. The minimum Gasteiger partial charge on any atom is -0.383 e. The summed E-state index contributed by atoms with van der Waals surface area (Å²) < 4.78 is 28.1. The predicted molar refractivity (Wildman–Crippen MR) is 110 cm³/mol. The van der Waals surface area contributed by atoms with Gasteiger partial charge in [0, 0.05) is 16.3 Å². The summed E-state index contributed by atoms with van der Waals surface area (Å²) in [4.78, 5) is 1.95. The number of aliphatic hydroxyl groups excluding tert-OH is 1. The van der Waals surface area contributed by atoms with Gasteiger partial charge in [0.05, 0.1) is 4.90 Å². The van der Waals surface area contributed by atoms with Crippen LogP contribution < -0.4 is 4.72 Å². The Bertz CT molecular complexity index is 1040. The van der Waals surface area contributed by atoms with Gasteiger partial charge in [-0.25, -0.2) is 13.1 Å². The summed E-state index contributed by atoms with van der Waals surface area (Å²) in [7, 11) is -3.60. The van der Waals surface area contributed by atoms with Crippen molar-refractivity contribution in [2.45, 2.75) is 38.3 Å². The number of hydrogen-bond donors (Lipinski definition) is 2. The minimum atomic E-state index is -3.60. The summed E-state index contributed by atoms with van der Waals surface area (Å²) in [5.74, 6) is 0. The number of hydrogen-bond acceptors (Lipinski definition) is 4. The molecule has 0 aliphatic heterocycles. The lowest BCUT2D eigenvalue weighted by atomic mass is 10.1. The highest BCUT2D eigenvalue weighted by Crippen LogP contribution is 2.28. The van der Waals surface area contributed by atoms with E-state index in [1.165, 1.54) is 11.3 Å². The Morgan fingerprint density at radius 3 is 2.33 bits per heavy atom. The van der Waals surface area contributed by atoms with Crippen molar-refractivity contribution in [2.24, 2.45) is 0 Å². The molecule has 2 aromatic carbocycles. The largest absolute Gasteiger partial charge is 0.383 e. The van der Waals surface area contributed by atoms with Gasteiger partial charge in [-0.15, -0.1) is 11.3 Å². The number of sulfonamides is 1. The van der Waals surface area contributed by atoms with Crippen LogP contribution in [-0.2, 0) is 16.6 Å². The van der Waals surface area contributed by atoms with Gasteiger partial charge in [-0.1, -0.05) is 36.4 Å². The van der Waals surface area contributed by atoms with E-state index in [1.807, 2.05) is 62.4 Å². The molecule has 4 nitrogen and oxygen atoms in total. The van der Waals surface area contributed by atoms with Crippen molar-refractivity contribution >= 4 is 21.4 Å². The van der Waals surface area contributed by atoms with Gasteiger partial charge >= 0.3 is 0 Å². The van der Waals surface area contributed by atoms with Crippen molar-refractivity contribution in [1.82, 2.24) is 4.72 Å². The maximum absolute atomic E-state index is 12.7. The fourth-order valence-electron chi connectivity index (χ4n) is 2.90. The second-order valence-corrected chi connectivity index (χ2v) is 9.58. The fourth-order valence-corrected chi connectivity index (χ4v) is 5.28. The van der Waals surface area contributed by atoms with Crippen molar-refractivity contribution in [2.75, 3.05) is 0 Å². The maximum Gasteiger partial charge on any atom is 0.241 e. The SMILES string of the molecule is Cc1cc(C)c(S(=O)(=O)NCc2ccc(C(O)c3ccccc3)s2)cc1C. The van der Waals surface area contributed by atoms with Crippen LogP contribution >= 0.6 is 11.3 Å². The van der Waals surface area contributed by atoms with Gasteiger partial charge in [0.15, 0.2) is 0 Å². The zero-order valence-corrected chi connectivity index (χ0v) is 17.2. The molecule has 6 heteroatoms. The number of nitrogens with one attached hydrogen (secondary N) is 1. The monoisotopic (exact) mass is 401 g/mol. The van der Waals surface area contributed by atoms with Crippen LogP contribution in [0, 0.1) is 20.8 Å². The Labute approximate surface area is 164 Å². The van der Waals surface area contributed by atoms with Gasteiger partial charge in [-0.2, -0.15) is 0 Å². The standard InChI is InChI=1S/C21H23NO3S2/c1-14-11-16(3)20(12-15(14)2)27(24,25)22-13-18-9-10-19(26-18)21(23)17-7-5-4-6-8-17/h4-12,21-23H,13H2,1-3H3. The second kappa shape index (κ2) is 7.94. The van der Waals surface area contributed by atoms with Gasteiger partial charge in [0.2, 0.25) is 10.0 Å². The van der Waals surface area contributed by atoms with Crippen LogP contribution in [0.5, 0.6) is 0 Å². The molecule has 0 aliphatic carbocycles. The Morgan fingerprint density at radius 1 is 0.963 bits per heavy atom. The van der Waals surface area contributed by atoms with Crippen LogP contribution in [0.15, 0.2) is 59.5 Å². The van der Waals surface area contributed by atoms with Crippen molar-refractivity contribution in [3.63, 3.8) is 0 Å². The molecule has 27 heavy (non-hydrogen) atoms. The summed E-state index contributed by atoms with van der Waals surface area (Å²) in [5.41, 5.74) is 3.57. The number of aryl methyl sites for hydroxylation is 3. The first-order chi connectivity index (χ1) is 12.8. The summed E-state index contributed by atoms with van der Waals surface area (Å²) in [6.07, 6.45) is -0.705. The average molecular weight is 402 g/mol. The van der Waals surface area contributed by atoms with E-state index in [0.717, 1.165) is 32.0 Å². The Kier molecular flexibility index (Phi) is 5.81. The molecule has 0 aliphatic rings. The van der Waals surface area contributed by atoms with Gasteiger partial charge in [0.1, 0.15) is 6.10 Å². The molecule has 0 saturated heterocycles. The molecule has 142 valence electrons. The molecule has 1 heterocycles. The van der Waals surface area contributed by atoms with Crippen LogP contribution in [0.2, 0.25) is 0 Å². The number of aliphatic hydroxyl groups is 1. The van der Waals surface area contributed by atoms with Crippen molar-refractivity contribution < 1.29 is 13.5 Å². The van der Waals surface area contributed by atoms with Crippen molar-refractivity contribution in [3.8, 4) is 0 Å². The lowest BCUT2D eigenvalue weighted by Gasteiger charge is -2.11. The molecule has 0 fully saturated rings. The van der Waals surface area contributed by atoms with E-state index in [-0.39, 0.29) is 6.54 Å². The van der Waals surface area contributed by atoms with E-state index >= 15 is 0 Å². The normalized spacial score (nSPS) is 12.9. The molecule has 0 spiro atoms. The zero-order chi connectivity index (χ0) is 19.6. The Morgan fingerprint density at radius 2 is 1.63 bits per heavy atom. The van der Waals surface area contributed by atoms with E-state index in [1.54, 1.807) is 13.0 Å². The molecule has 0 saturated carbocycles. The predicted octanol–water partition coefficient (Wildman–Crippen LogP) is 4.23. The number of benzene rings is 2. The smallest absolute Gasteiger partial charge is 0.241 e. The minimum absolute atomic E-state index is 0.195. The van der Waals surface area contributed by atoms with Gasteiger partial charge in [-0.05, 0) is 61.2 Å². The van der Waals surface area contributed by atoms with Crippen molar-refractivity contribution in [1.29, 1.82) is 0 Å². The molecule has 1 aromatic heterocycles. The first kappa shape index (κ1) is 19.8. The second-order valence-electron chi connectivity index (χ2n) is 6.64. The third kappa shape index (κ3) is 4.47. The highest BCUT2D eigenvalue weighted by atomic mass is 32.2.